The number of nitrogens with zero attached hydrogens (tertiary/aromatic N) is 7. The smallest absolute Gasteiger partial charge is 0.332 e. The fraction of sp³-hybridized carbons (Fsp3) is 0.203. The normalized spacial score (nSPS) is 15.1. The zero-order chi connectivity index (χ0) is 57.6. The van der Waals surface area contributed by atoms with E-state index in [2.05, 4.69) is 26.7 Å². The molecule has 4 aliphatic rings. The molecule has 4 aromatic heterocycles. The van der Waals surface area contributed by atoms with Crippen LogP contribution in [-0.2, 0) is 9.59 Å². The molecular weight excluding hydrogens is 1100 g/mol. The van der Waals surface area contributed by atoms with Gasteiger partial charge in [-0.1, -0.05) is 12.2 Å². The van der Waals surface area contributed by atoms with Gasteiger partial charge in [-0.25, -0.2) is 36.8 Å². The fourth-order valence-electron chi connectivity index (χ4n) is 9.28. The second kappa shape index (κ2) is 24.6. The van der Waals surface area contributed by atoms with E-state index >= 15 is 4.39 Å². The van der Waals surface area contributed by atoms with Crippen molar-refractivity contribution in [3.8, 4) is 23.0 Å². The van der Waals surface area contributed by atoms with Crippen molar-refractivity contribution >= 4 is 107 Å². The molecule has 2 saturated heterocycles. The number of anilines is 4. The molecule has 8 amide bonds. The van der Waals surface area contributed by atoms with Crippen LogP contribution in [0.4, 0.5) is 54.7 Å². The summed E-state index contributed by atoms with van der Waals surface area (Å²) in [6, 6.07) is 25.7. The third-order valence-corrected chi connectivity index (χ3v) is 16.1. The van der Waals surface area contributed by atoms with Gasteiger partial charge in [0.15, 0.2) is 23.1 Å². The van der Waals surface area contributed by atoms with Gasteiger partial charge in [-0.15, -0.1) is 22.7 Å². The standard InChI is InChI=1S/C30H25F2N5O4S.C20H18FN3O2S.C9H9FN2O/c1-18(38)35-12-9-19(10-13-35)27-17-24-28(42-27)26(8-11-33-24)41-25-7-4-21(16-23(25)32)34-29(39)37-15-14-36(30(37)40)22-5-2-20(31)3-6-22;1-12(25)24-8-5-13(6-9-24)19-11-16-20(27-19)18(4-7-23-16)26-17-3-2-14(22)10-15(17)21;10-7-1-3-8(4-2-7)12-6-5-11-9(12)13/h2-9,11,16-17H,10,12-15H2,1H3,(H,34,39);2-5,7,10-11H,6,8-9,22H2,1H3;1-4H,5-6H2,(H,11,13). The molecule has 4 aliphatic heterocycles. The van der Waals surface area contributed by atoms with E-state index in [4.69, 9.17) is 15.2 Å². The number of carbonyl (C=O) groups is 5. The lowest BCUT2D eigenvalue weighted by Crippen LogP contribution is -2.39. The van der Waals surface area contributed by atoms with Crippen LogP contribution < -0.4 is 35.6 Å². The van der Waals surface area contributed by atoms with E-state index in [1.54, 1.807) is 77.7 Å². The number of pyridine rings is 2. The number of aromatic nitrogens is 2. The Balaban J connectivity index is 0.000000159. The largest absolute Gasteiger partial charge is 0.453 e. The van der Waals surface area contributed by atoms with E-state index in [0.29, 0.717) is 62.1 Å². The van der Waals surface area contributed by atoms with E-state index in [1.165, 1.54) is 82.5 Å². The number of imide groups is 1. The number of hydrogen-bond donors (Lipinski definition) is 3. The summed E-state index contributed by atoms with van der Waals surface area (Å²) < 4.78 is 68.3. The molecular formula is C59H52F4N10O7S2. The van der Waals surface area contributed by atoms with Crippen LogP contribution in [0, 0.1) is 23.3 Å². The first-order valence-electron chi connectivity index (χ1n) is 25.9. The number of ether oxygens (including phenoxy) is 2. The van der Waals surface area contributed by atoms with Crippen LogP contribution in [0.5, 0.6) is 23.0 Å². The molecule has 4 N–H and O–H groups in total. The van der Waals surface area contributed by atoms with Gasteiger partial charge in [0.2, 0.25) is 11.8 Å². The second-order valence-corrected chi connectivity index (χ2v) is 21.2. The van der Waals surface area contributed by atoms with Gasteiger partial charge in [0.05, 0.1) is 27.0 Å². The monoisotopic (exact) mass is 1150 g/mol. The van der Waals surface area contributed by atoms with E-state index in [0.717, 1.165) is 65.3 Å². The molecule has 82 heavy (non-hydrogen) atoms. The van der Waals surface area contributed by atoms with E-state index in [1.807, 2.05) is 23.1 Å². The first-order chi connectivity index (χ1) is 39.5. The number of fused-ring (bicyclic) bond motifs is 2. The third-order valence-electron chi connectivity index (χ3n) is 13.7. The third kappa shape index (κ3) is 12.8. The minimum Gasteiger partial charge on any atom is -0.453 e. The Morgan fingerprint density at radius 3 is 1.57 bits per heavy atom. The van der Waals surface area contributed by atoms with Crippen LogP contribution in [0.3, 0.4) is 0 Å². The number of rotatable bonds is 9. The van der Waals surface area contributed by atoms with Crippen LogP contribution in [0.15, 0.2) is 134 Å². The summed E-state index contributed by atoms with van der Waals surface area (Å²) in [4.78, 5) is 78.4. The Hall–Kier alpha value is -9.35. The Bertz CT molecular complexity index is 3820. The second-order valence-electron chi connectivity index (χ2n) is 19.0. The van der Waals surface area contributed by atoms with E-state index in [9.17, 15) is 37.1 Å². The molecule has 0 saturated carbocycles. The molecule has 0 radical (unpaired) electrons. The molecule has 12 rings (SSSR count). The summed E-state index contributed by atoms with van der Waals surface area (Å²) in [5.74, 6) is -0.699. The SMILES string of the molecule is CC(=O)N1CC=C(c2cc3nccc(Oc4ccc(N)cc4F)c3s2)CC1.CC(=O)N1CC=C(c2cc3nccc(Oc4ccc(NC(=O)N5CCN(c6ccc(F)cc6)C5=O)cc4F)c3s2)CC1.O=C1NCCN1c1ccc(F)cc1. The van der Waals surface area contributed by atoms with Gasteiger partial charge in [0.1, 0.15) is 23.1 Å². The van der Waals surface area contributed by atoms with Gasteiger partial charge < -0.3 is 35.6 Å². The van der Waals surface area contributed by atoms with Crippen molar-refractivity contribution in [2.75, 3.05) is 73.2 Å². The van der Waals surface area contributed by atoms with Crippen molar-refractivity contribution in [3.63, 3.8) is 0 Å². The minimum absolute atomic E-state index is 0.0378. The Labute approximate surface area is 475 Å². The Kier molecular flexibility index (Phi) is 16.8. The van der Waals surface area contributed by atoms with E-state index < -0.39 is 29.5 Å². The molecule has 8 aromatic rings. The van der Waals surface area contributed by atoms with Gasteiger partial charge in [-0.2, -0.15) is 0 Å². The lowest BCUT2D eigenvalue weighted by Gasteiger charge is -2.24. The molecule has 2 fully saturated rings. The number of carbonyl (C=O) groups excluding carboxylic acids is 5. The first kappa shape index (κ1) is 55.9. The summed E-state index contributed by atoms with van der Waals surface area (Å²) in [5, 5.41) is 5.23. The van der Waals surface area contributed by atoms with Crippen molar-refractivity contribution in [1.82, 2.24) is 30.0 Å². The van der Waals surface area contributed by atoms with Crippen molar-refractivity contribution in [1.29, 1.82) is 0 Å². The number of urea groups is 3. The summed E-state index contributed by atoms with van der Waals surface area (Å²) in [7, 11) is 0. The Morgan fingerprint density at radius 1 is 0.598 bits per heavy atom. The summed E-state index contributed by atoms with van der Waals surface area (Å²) in [5.41, 5.74) is 11.1. The molecule has 17 nitrogen and oxygen atoms in total. The lowest BCUT2D eigenvalue weighted by molar-refractivity contribution is -0.129. The highest BCUT2D eigenvalue weighted by atomic mass is 32.1. The highest BCUT2D eigenvalue weighted by Gasteiger charge is 2.34. The highest BCUT2D eigenvalue weighted by molar-refractivity contribution is 7.20. The van der Waals surface area contributed by atoms with Gasteiger partial charge in [-0.05, 0) is 109 Å². The molecule has 0 aliphatic carbocycles. The number of thiophene rings is 2. The maximum atomic E-state index is 15.1. The van der Waals surface area contributed by atoms with Gasteiger partial charge in [0, 0.05) is 129 Å². The number of nitrogens with one attached hydrogen (secondary N) is 2. The molecule has 8 heterocycles. The molecule has 0 bridgehead atoms. The topological polar surface area (TPSA) is 196 Å². The number of halogens is 4. The zero-order valence-electron chi connectivity index (χ0n) is 44.2. The lowest BCUT2D eigenvalue weighted by atomic mass is 10.1. The van der Waals surface area contributed by atoms with Crippen LogP contribution in [0.1, 0.15) is 36.4 Å². The molecule has 420 valence electrons. The number of nitrogen functional groups attached to an aromatic ring is 1. The zero-order valence-corrected chi connectivity index (χ0v) is 45.8. The fourth-order valence-corrected chi connectivity index (χ4v) is 11.5. The predicted molar refractivity (Wildman–Crippen MR) is 308 cm³/mol. The van der Waals surface area contributed by atoms with Gasteiger partial charge in [0.25, 0.3) is 0 Å². The number of benzene rings is 4. The van der Waals surface area contributed by atoms with Crippen molar-refractivity contribution < 1.29 is 51.0 Å². The van der Waals surface area contributed by atoms with Gasteiger partial charge in [-0.3, -0.25) is 29.4 Å². The Morgan fingerprint density at radius 2 is 1.11 bits per heavy atom. The maximum absolute atomic E-state index is 15.1. The summed E-state index contributed by atoms with van der Waals surface area (Å²) >= 11 is 3.05. The molecule has 0 spiro atoms. The number of nitrogens with two attached hydrogens (primary N) is 1. The first-order valence-corrected chi connectivity index (χ1v) is 27.5. The average Bonchev–Trinajstić information content (AvgIpc) is 4.50. The van der Waals surface area contributed by atoms with Crippen molar-refractivity contribution in [3.05, 3.63) is 167 Å². The van der Waals surface area contributed by atoms with Crippen LogP contribution in [0.25, 0.3) is 31.6 Å². The maximum Gasteiger partial charge on any atom is 0.332 e. The average molecular weight is 1150 g/mol. The number of hydrogen-bond acceptors (Lipinski definition) is 12. The van der Waals surface area contributed by atoms with Crippen LogP contribution >= 0.6 is 22.7 Å². The van der Waals surface area contributed by atoms with E-state index in [-0.39, 0.29) is 53.9 Å². The van der Waals surface area contributed by atoms with Crippen molar-refractivity contribution in [2.24, 2.45) is 0 Å². The highest BCUT2D eigenvalue weighted by Crippen LogP contribution is 2.41. The summed E-state index contributed by atoms with van der Waals surface area (Å²) in [6.45, 7) is 7.35. The van der Waals surface area contributed by atoms with Gasteiger partial charge >= 0.3 is 18.1 Å². The molecule has 0 unspecified atom stereocenters. The summed E-state index contributed by atoms with van der Waals surface area (Å²) in [6.07, 6.45) is 8.90. The minimum atomic E-state index is -0.705. The van der Waals surface area contributed by atoms with Crippen LogP contribution in [-0.4, -0.2) is 107 Å². The van der Waals surface area contributed by atoms with Crippen molar-refractivity contribution in [2.45, 2.75) is 26.7 Å². The molecule has 4 aromatic carbocycles. The molecule has 0 atom stereocenters. The predicted octanol–water partition coefficient (Wildman–Crippen LogP) is 12.3. The number of amides is 8. The van der Waals surface area contributed by atoms with Crippen LogP contribution in [0.2, 0.25) is 0 Å². The molecule has 23 heteroatoms. The quantitative estimate of drug-likeness (QED) is 0.0924.